The van der Waals surface area contributed by atoms with Gasteiger partial charge in [0, 0.05) is 35.6 Å². The highest BCUT2D eigenvalue weighted by molar-refractivity contribution is 7.98. The van der Waals surface area contributed by atoms with Crippen molar-refractivity contribution in [2.45, 2.75) is 17.5 Å². The molecule has 0 aliphatic rings. The molecule has 0 bridgehead atoms. The highest BCUT2D eigenvalue weighted by Crippen LogP contribution is 2.30. The maximum Gasteiger partial charge on any atom is 0.196 e. The Labute approximate surface area is 207 Å². The van der Waals surface area contributed by atoms with Gasteiger partial charge in [0.05, 0.1) is 12.8 Å². The molecule has 0 aliphatic carbocycles. The summed E-state index contributed by atoms with van der Waals surface area (Å²) in [6, 6.07) is 25.6. The minimum absolute atomic E-state index is 0.442. The molecule has 35 heavy (non-hydrogen) atoms. The van der Waals surface area contributed by atoms with Crippen molar-refractivity contribution in [3.05, 3.63) is 109 Å². The number of rotatable bonds is 9. The molecule has 8 heteroatoms. The SMILES string of the molecule is COc1ccc(-n2c(SCc3ccc(OCc4ccccn4)cc3)nnc2-c2ccncc2)cc1. The molecule has 0 saturated carbocycles. The molecule has 0 N–H and O–H groups in total. The predicted molar refractivity (Wildman–Crippen MR) is 136 cm³/mol. The van der Waals surface area contributed by atoms with Gasteiger partial charge in [-0.1, -0.05) is 30.0 Å². The Hall–Kier alpha value is -4.17. The fourth-order valence-electron chi connectivity index (χ4n) is 3.49. The lowest BCUT2D eigenvalue weighted by molar-refractivity contribution is 0.301. The van der Waals surface area contributed by atoms with Crippen molar-refractivity contribution in [1.82, 2.24) is 24.7 Å². The first-order valence-electron chi connectivity index (χ1n) is 11.0. The lowest BCUT2D eigenvalue weighted by Crippen LogP contribution is -2.00. The number of hydrogen-bond acceptors (Lipinski definition) is 7. The van der Waals surface area contributed by atoms with E-state index in [1.807, 2.05) is 66.7 Å². The molecular weight excluding hydrogens is 458 g/mol. The van der Waals surface area contributed by atoms with Crippen LogP contribution in [0.5, 0.6) is 11.5 Å². The summed E-state index contributed by atoms with van der Waals surface area (Å²) < 4.78 is 13.2. The van der Waals surface area contributed by atoms with Gasteiger partial charge in [-0.15, -0.1) is 10.2 Å². The third-order valence-corrected chi connectivity index (χ3v) is 6.31. The summed E-state index contributed by atoms with van der Waals surface area (Å²) in [5.74, 6) is 3.11. The molecule has 3 aromatic heterocycles. The number of aromatic nitrogens is 5. The molecule has 174 valence electrons. The molecule has 0 amide bonds. The molecule has 0 unspecified atom stereocenters. The van der Waals surface area contributed by atoms with Crippen LogP contribution in [0.1, 0.15) is 11.3 Å². The number of ether oxygens (including phenoxy) is 2. The Morgan fingerprint density at radius 3 is 2.29 bits per heavy atom. The van der Waals surface area contributed by atoms with E-state index in [1.54, 1.807) is 37.5 Å². The maximum atomic E-state index is 5.85. The average Bonchev–Trinajstić information content (AvgIpc) is 3.36. The quantitative estimate of drug-likeness (QED) is 0.254. The lowest BCUT2D eigenvalue weighted by Gasteiger charge is -2.11. The number of hydrogen-bond donors (Lipinski definition) is 0. The number of methoxy groups -OCH3 is 1. The van der Waals surface area contributed by atoms with Crippen molar-refractivity contribution in [2.75, 3.05) is 7.11 Å². The summed E-state index contributed by atoms with van der Waals surface area (Å²) in [5.41, 5.74) is 3.97. The van der Waals surface area contributed by atoms with Crippen LogP contribution < -0.4 is 9.47 Å². The van der Waals surface area contributed by atoms with Crippen LogP contribution in [-0.4, -0.2) is 31.8 Å². The van der Waals surface area contributed by atoms with Crippen LogP contribution in [0.15, 0.2) is 103 Å². The van der Waals surface area contributed by atoms with Crippen LogP contribution >= 0.6 is 11.8 Å². The average molecular weight is 482 g/mol. The second kappa shape index (κ2) is 10.8. The minimum atomic E-state index is 0.442. The Bertz CT molecular complexity index is 1360. The van der Waals surface area contributed by atoms with Gasteiger partial charge in [0.2, 0.25) is 0 Å². The topological polar surface area (TPSA) is 75.0 Å². The zero-order valence-electron chi connectivity index (χ0n) is 19.1. The van der Waals surface area contributed by atoms with Crippen LogP contribution in [0.3, 0.4) is 0 Å². The molecule has 2 aromatic carbocycles. The first-order chi connectivity index (χ1) is 17.3. The minimum Gasteiger partial charge on any atom is -0.497 e. The zero-order chi connectivity index (χ0) is 23.9. The molecule has 0 atom stereocenters. The van der Waals surface area contributed by atoms with Crippen molar-refractivity contribution in [3.63, 3.8) is 0 Å². The Morgan fingerprint density at radius 1 is 0.800 bits per heavy atom. The van der Waals surface area contributed by atoms with Crippen molar-refractivity contribution in [3.8, 4) is 28.6 Å². The van der Waals surface area contributed by atoms with Crippen molar-refractivity contribution >= 4 is 11.8 Å². The van der Waals surface area contributed by atoms with Gasteiger partial charge >= 0.3 is 0 Å². The summed E-state index contributed by atoms with van der Waals surface area (Å²) in [6.07, 6.45) is 5.28. The molecule has 0 aliphatic heterocycles. The smallest absolute Gasteiger partial charge is 0.196 e. The van der Waals surface area contributed by atoms with E-state index in [0.29, 0.717) is 6.61 Å². The van der Waals surface area contributed by atoms with Gasteiger partial charge < -0.3 is 9.47 Å². The van der Waals surface area contributed by atoms with Gasteiger partial charge in [-0.25, -0.2) is 0 Å². The summed E-state index contributed by atoms with van der Waals surface area (Å²) in [5, 5.41) is 9.80. The van der Waals surface area contributed by atoms with Crippen molar-refractivity contribution in [1.29, 1.82) is 0 Å². The lowest BCUT2D eigenvalue weighted by atomic mass is 10.2. The number of thioether (sulfide) groups is 1. The fourth-order valence-corrected chi connectivity index (χ4v) is 4.39. The van der Waals surface area contributed by atoms with Crippen LogP contribution in [0.4, 0.5) is 0 Å². The van der Waals surface area contributed by atoms with E-state index in [1.165, 1.54) is 0 Å². The molecule has 0 saturated heterocycles. The van der Waals surface area contributed by atoms with Gasteiger partial charge in [-0.05, 0) is 66.2 Å². The fraction of sp³-hybridized carbons (Fsp3) is 0.111. The molecule has 5 aromatic rings. The van der Waals surface area contributed by atoms with Crippen LogP contribution in [0.2, 0.25) is 0 Å². The van der Waals surface area contributed by atoms with Gasteiger partial charge in [0.1, 0.15) is 18.1 Å². The third kappa shape index (κ3) is 5.50. The van der Waals surface area contributed by atoms with E-state index in [0.717, 1.165) is 50.7 Å². The standard InChI is InChI=1S/C27H23N5O2S/c1-33-24-11-7-23(8-12-24)32-26(21-13-16-28-17-14-21)30-31-27(32)35-19-20-5-9-25(10-6-20)34-18-22-4-2-3-15-29-22/h2-17H,18-19H2,1H3. The predicted octanol–water partition coefficient (Wildman–Crippen LogP) is 5.60. The van der Waals surface area contributed by atoms with Gasteiger partial charge in [0.15, 0.2) is 11.0 Å². The monoisotopic (exact) mass is 481 g/mol. The molecule has 5 rings (SSSR count). The molecule has 7 nitrogen and oxygen atoms in total. The van der Waals surface area contributed by atoms with Gasteiger partial charge in [-0.2, -0.15) is 0 Å². The molecule has 3 heterocycles. The summed E-state index contributed by atoms with van der Waals surface area (Å²) >= 11 is 1.63. The maximum absolute atomic E-state index is 5.85. The van der Waals surface area contributed by atoms with E-state index in [4.69, 9.17) is 9.47 Å². The van der Waals surface area contributed by atoms with E-state index < -0.39 is 0 Å². The van der Waals surface area contributed by atoms with Crippen LogP contribution in [-0.2, 0) is 12.4 Å². The molecular formula is C27H23N5O2S. The second-order valence-corrected chi connectivity index (χ2v) is 8.56. The van der Waals surface area contributed by atoms with Crippen molar-refractivity contribution < 1.29 is 9.47 Å². The first-order valence-corrected chi connectivity index (χ1v) is 12.0. The number of pyridine rings is 2. The Kier molecular flexibility index (Phi) is 7.00. The highest BCUT2D eigenvalue weighted by Gasteiger charge is 2.16. The molecule has 0 radical (unpaired) electrons. The molecule has 0 spiro atoms. The summed E-state index contributed by atoms with van der Waals surface area (Å²) in [7, 11) is 1.66. The second-order valence-electron chi connectivity index (χ2n) is 7.62. The Balaban J connectivity index is 1.33. The van der Waals surface area contributed by atoms with E-state index >= 15 is 0 Å². The molecule has 0 fully saturated rings. The zero-order valence-corrected chi connectivity index (χ0v) is 19.9. The summed E-state index contributed by atoms with van der Waals surface area (Å²) in [4.78, 5) is 8.41. The largest absolute Gasteiger partial charge is 0.497 e. The normalized spacial score (nSPS) is 10.8. The van der Waals surface area contributed by atoms with Crippen LogP contribution in [0.25, 0.3) is 17.1 Å². The van der Waals surface area contributed by atoms with Crippen LogP contribution in [0, 0.1) is 0 Å². The highest BCUT2D eigenvalue weighted by atomic mass is 32.2. The Morgan fingerprint density at radius 2 is 1.57 bits per heavy atom. The first kappa shape index (κ1) is 22.6. The van der Waals surface area contributed by atoms with E-state index in [2.05, 4.69) is 36.9 Å². The van der Waals surface area contributed by atoms with E-state index in [9.17, 15) is 0 Å². The number of benzene rings is 2. The summed E-state index contributed by atoms with van der Waals surface area (Å²) in [6.45, 7) is 0.442. The van der Waals surface area contributed by atoms with Crippen molar-refractivity contribution in [2.24, 2.45) is 0 Å². The van der Waals surface area contributed by atoms with Gasteiger partial charge in [-0.3, -0.25) is 14.5 Å². The van der Waals surface area contributed by atoms with Gasteiger partial charge in [0.25, 0.3) is 0 Å². The number of nitrogens with zero attached hydrogens (tertiary/aromatic N) is 5. The van der Waals surface area contributed by atoms with E-state index in [-0.39, 0.29) is 0 Å². The third-order valence-electron chi connectivity index (χ3n) is 5.31.